The van der Waals surface area contributed by atoms with E-state index in [0.29, 0.717) is 19.7 Å². The average Bonchev–Trinajstić information content (AvgIpc) is 2.33. The van der Waals surface area contributed by atoms with Gasteiger partial charge in [-0.05, 0) is 6.92 Å². The van der Waals surface area contributed by atoms with Crippen LogP contribution in [0.15, 0.2) is 0 Å². The molecule has 0 spiro atoms. The highest BCUT2D eigenvalue weighted by Crippen LogP contribution is 1.85. The van der Waals surface area contributed by atoms with Crippen LogP contribution in [0.3, 0.4) is 0 Å². The van der Waals surface area contributed by atoms with Gasteiger partial charge in [0.15, 0.2) is 0 Å². The number of sulfonamides is 2. The minimum atomic E-state index is -3.45. The van der Waals surface area contributed by atoms with Crippen LogP contribution >= 0.6 is 0 Å². The minimum absolute atomic E-state index is 0.0656. The monoisotopic (exact) mass is 317 g/mol. The van der Waals surface area contributed by atoms with Gasteiger partial charge in [0.05, 0.1) is 18.1 Å². The molecule has 3 N–H and O–H groups in total. The molecule has 0 unspecified atom stereocenters. The zero-order valence-corrected chi connectivity index (χ0v) is 12.9. The van der Waals surface area contributed by atoms with E-state index in [0.717, 1.165) is 0 Å². The summed E-state index contributed by atoms with van der Waals surface area (Å²) in [5, 5.41) is 2.98. The van der Waals surface area contributed by atoms with Crippen molar-refractivity contribution in [1.82, 2.24) is 14.8 Å². The molecule has 0 saturated heterocycles. The third-order valence-corrected chi connectivity index (χ3v) is 4.97. The molecular weight excluding hydrogens is 294 g/mol. The molecule has 19 heavy (non-hydrogen) atoms. The van der Waals surface area contributed by atoms with Gasteiger partial charge in [-0.25, -0.2) is 26.3 Å². The number of rotatable bonds is 12. The summed E-state index contributed by atoms with van der Waals surface area (Å²) in [5.74, 6) is -0.339. The maximum absolute atomic E-state index is 11.5. The molecule has 0 atom stereocenters. The van der Waals surface area contributed by atoms with Crippen LogP contribution in [-0.4, -0.2) is 68.2 Å². The zero-order valence-electron chi connectivity index (χ0n) is 11.3. The van der Waals surface area contributed by atoms with Crippen molar-refractivity contribution in [1.29, 1.82) is 0 Å². The van der Waals surface area contributed by atoms with E-state index in [1.54, 1.807) is 7.11 Å². The van der Waals surface area contributed by atoms with E-state index in [1.165, 1.54) is 6.92 Å². The Morgan fingerprint density at radius 3 is 2.11 bits per heavy atom. The Morgan fingerprint density at radius 2 is 1.53 bits per heavy atom. The first-order valence-corrected chi connectivity index (χ1v) is 9.28. The van der Waals surface area contributed by atoms with E-state index >= 15 is 0 Å². The van der Waals surface area contributed by atoms with Gasteiger partial charge in [-0.2, -0.15) is 0 Å². The third kappa shape index (κ3) is 11.3. The first-order valence-electron chi connectivity index (χ1n) is 5.97. The predicted octanol–water partition coefficient (Wildman–Crippen LogP) is -1.92. The van der Waals surface area contributed by atoms with Crippen molar-refractivity contribution in [3.8, 4) is 0 Å². The third-order valence-electron chi connectivity index (χ3n) is 2.18. The van der Waals surface area contributed by atoms with Crippen LogP contribution in [0, 0.1) is 0 Å². The highest BCUT2D eigenvalue weighted by atomic mass is 32.2. The van der Waals surface area contributed by atoms with Crippen LogP contribution in [0.5, 0.6) is 0 Å². The summed E-state index contributed by atoms with van der Waals surface area (Å²) in [6.45, 7) is 3.32. The van der Waals surface area contributed by atoms with Crippen LogP contribution in [-0.2, 0) is 24.8 Å². The van der Waals surface area contributed by atoms with Crippen LogP contribution in [0.25, 0.3) is 0 Å². The van der Waals surface area contributed by atoms with Crippen molar-refractivity contribution >= 4 is 20.0 Å². The fraction of sp³-hybridized carbons (Fsp3) is 1.00. The molecule has 0 radical (unpaired) electrons. The molecule has 0 bridgehead atoms. The van der Waals surface area contributed by atoms with E-state index in [2.05, 4.69) is 14.8 Å². The molecule has 0 aliphatic rings. The lowest BCUT2D eigenvalue weighted by molar-refractivity contribution is 0.199. The first kappa shape index (κ1) is 18.7. The number of methoxy groups -OCH3 is 1. The van der Waals surface area contributed by atoms with Crippen molar-refractivity contribution in [3.05, 3.63) is 0 Å². The standard InChI is InChI=1S/C9H23N3O5S2/c1-3-18(13,14)12-7-9-19(15,16)11-5-4-10-6-8-17-2/h10-12H,3-9H2,1-2H3. The molecule has 0 aromatic heterocycles. The summed E-state index contributed by atoms with van der Waals surface area (Å²) in [7, 11) is -5.21. The molecule has 0 saturated carbocycles. The normalized spacial score (nSPS) is 12.7. The Hall–Kier alpha value is -0.260. The van der Waals surface area contributed by atoms with Crippen LogP contribution in [0.2, 0.25) is 0 Å². The molecule has 8 nitrogen and oxygen atoms in total. The molecule has 0 aromatic carbocycles. The van der Waals surface area contributed by atoms with Gasteiger partial charge in [-0.15, -0.1) is 0 Å². The second kappa shape index (κ2) is 9.61. The Morgan fingerprint density at radius 1 is 0.895 bits per heavy atom. The Balaban J connectivity index is 3.75. The van der Waals surface area contributed by atoms with E-state index in [9.17, 15) is 16.8 Å². The summed E-state index contributed by atoms with van der Waals surface area (Å²) < 4.78 is 54.6. The Bertz CT molecular complexity index is 421. The fourth-order valence-electron chi connectivity index (χ4n) is 1.10. The molecule has 0 aliphatic carbocycles. The van der Waals surface area contributed by atoms with E-state index in [4.69, 9.17) is 4.74 Å². The van der Waals surface area contributed by atoms with Crippen LogP contribution in [0.1, 0.15) is 6.92 Å². The molecule has 0 aromatic rings. The second-order valence-corrected chi connectivity index (χ2v) is 7.78. The van der Waals surface area contributed by atoms with Crippen LogP contribution in [0.4, 0.5) is 0 Å². The lowest BCUT2D eigenvalue weighted by Gasteiger charge is -2.08. The Kier molecular flexibility index (Phi) is 9.48. The summed E-state index contributed by atoms with van der Waals surface area (Å²) in [6, 6.07) is 0. The average molecular weight is 317 g/mol. The second-order valence-electron chi connectivity index (χ2n) is 3.75. The zero-order chi connectivity index (χ0) is 14.8. The maximum atomic E-state index is 11.5. The van der Waals surface area contributed by atoms with Gasteiger partial charge in [0.25, 0.3) is 0 Å². The number of hydrogen-bond donors (Lipinski definition) is 3. The number of nitrogens with one attached hydrogen (secondary N) is 3. The topological polar surface area (TPSA) is 114 Å². The molecular formula is C9H23N3O5S2. The largest absolute Gasteiger partial charge is 0.383 e. The van der Waals surface area contributed by atoms with Gasteiger partial charge >= 0.3 is 0 Å². The van der Waals surface area contributed by atoms with Gasteiger partial charge in [-0.1, -0.05) is 0 Å². The molecule has 10 heteroatoms. The SMILES string of the molecule is CCS(=O)(=O)NCCS(=O)(=O)NCCNCCOC. The summed E-state index contributed by atoms with van der Waals surface area (Å²) in [6.07, 6.45) is 0. The summed E-state index contributed by atoms with van der Waals surface area (Å²) in [4.78, 5) is 0. The van der Waals surface area contributed by atoms with Gasteiger partial charge in [0.2, 0.25) is 20.0 Å². The molecule has 0 heterocycles. The quantitative estimate of drug-likeness (QED) is 0.362. The van der Waals surface area contributed by atoms with Gasteiger partial charge in [0.1, 0.15) is 0 Å². The highest BCUT2D eigenvalue weighted by Gasteiger charge is 2.12. The summed E-state index contributed by atoms with van der Waals surface area (Å²) in [5.41, 5.74) is 0. The summed E-state index contributed by atoms with van der Waals surface area (Å²) >= 11 is 0. The number of ether oxygens (including phenoxy) is 1. The predicted molar refractivity (Wildman–Crippen MR) is 74.0 cm³/mol. The van der Waals surface area contributed by atoms with E-state index in [1.807, 2.05) is 0 Å². The van der Waals surface area contributed by atoms with Crippen molar-refractivity contribution in [2.75, 3.05) is 51.4 Å². The molecule has 0 amide bonds. The van der Waals surface area contributed by atoms with Crippen LogP contribution < -0.4 is 14.8 Å². The van der Waals surface area contributed by atoms with Gasteiger partial charge < -0.3 is 10.1 Å². The molecule has 0 aliphatic heterocycles. The lowest BCUT2D eigenvalue weighted by atomic mass is 10.6. The van der Waals surface area contributed by atoms with E-state index in [-0.39, 0.29) is 24.6 Å². The van der Waals surface area contributed by atoms with Gasteiger partial charge in [-0.3, -0.25) is 0 Å². The molecule has 0 fully saturated rings. The minimum Gasteiger partial charge on any atom is -0.383 e. The van der Waals surface area contributed by atoms with Gasteiger partial charge in [0, 0.05) is 33.3 Å². The number of hydrogen-bond acceptors (Lipinski definition) is 6. The van der Waals surface area contributed by atoms with Crippen molar-refractivity contribution in [2.24, 2.45) is 0 Å². The van der Waals surface area contributed by atoms with Crippen molar-refractivity contribution in [3.63, 3.8) is 0 Å². The molecule has 0 rings (SSSR count). The lowest BCUT2D eigenvalue weighted by Crippen LogP contribution is -2.38. The van der Waals surface area contributed by atoms with Crippen molar-refractivity contribution < 1.29 is 21.6 Å². The maximum Gasteiger partial charge on any atom is 0.212 e. The van der Waals surface area contributed by atoms with Crippen molar-refractivity contribution in [2.45, 2.75) is 6.92 Å². The molecule has 116 valence electrons. The smallest absolute Gasteiger partial charge is 0.212 e. The van der Waals surface area contributed by atoms with E-state index < -0.39 is 20.0 Å². The highest BCUT2D eigenvalue weighted by molar-refractivity contribution is 7.90. The Labute approximate surface area is 115 Å². The fourth-order valence-corrected chi connectivity index (χ4v) is 2.77. The first-order chi connectivity index (χ1) is 8.83.